The van der Waals surface area contributed by atoms with Crippen LogP contribution in [-0.2, 0) is 29.6 Å². The predicted molar refractivity (Wildman–Crippen MR) is 140 cm³/mol. The molecule has 3 rings (SSSR count). The SMILES string of the molecule is CCCCCCCCCCCCCCCC(=O)CC(O)C1OC(=O)C2=C1OC(C)(c1ccccc1O)O2. The molecule has 37 heavy (non-hydrogen) atoms. The minimum atomic E-state index is -1.42. The predicted octanol–water partition coefficient (Wildman–Crippen LogP) is 6.55. The summed E-state index contributed by atoms with van der Waals surface area (Å²) in [4.78, 5) is 24.8. The summed E-state index contributed by atoms with van der Waals surface area (Å²) in [7, 11) is 0. The number of esters is 1. The number of benzene rings is 1. The molecule has 3 atom stereocenters. The van der Waals surface area contributed by atoms with E-state index in [0.717, 1.165) is 19.3 Å². The van der Waals surface area contributed by atoms with Gasteiger partial charge in [0.2, 0.25) is 0 Å². The van der Waals surface area contributed by atoms with Crippen molar-refractivity contribution in [3.63, 3.8) is 0 Å². The minimum absolute atomic E-state index is 0.0374. The topological polar surface area (TPSA) is 102 Å². The number of Topliss-reactive ketones (excluding diaryl/α,β-unsaturated/α-hetero) is 1. The third-order valence-corrected chi connectivity index (χ3v) is 7.24. The molecule has 2 aliphatic rings. The van der Waals surface area contributed by atoms with E-state index in [1.165, 1.54) is 70.3 Å². The highest BCUT2D eigenvalue weighted by atomic mass is 16.8. The second-order valence-electron chi connectivity index (χ2n) is 10.5. The first kappa shape index (κ1) is 29.0. The second-order valence-corrected chi connectivity index (χ2v) is 10.5. The number of ether oxygens (including phenoxy) is 3. The summed E-state index contributed by atoms with van der Waals surface area (Å²) in [5.74, 6) is -2.34. The molecule has 0 aromatic heterocycles. The Morgan fingerprint density at radius 2 is 1.49 bits per heavy atom. The number of aliphatic hydroxyl groups excluding tert-OH is 1. The van der Waals surface area contributed by atoms with Gasteiger partial charge in [-0.05, 0) is 18.6 Å². The third-order valence-electron chi connectivity index (χ3n) is 7.24. The van der Waals surface area contributed by atoms with Gasteiger partial charge in [0.05, 0.1) is 5.56 Å². The van der Waals surface area contributed by atoms with Crippen LogP contribution in [0.4, 0.5) is 0 Å². The smallest absolute Gasteiger partial charge is 0.378 e. The van der Waals surface area contributed by atoms with Gasteiger partial charge in [-0.15, -0.1) is 0 Å². The molecule has 0 spiro atoms. The van der Waals surface area contributed by atoms with Gasteiger partial charge in [0, 0.05) is 19.8 Å². The van der Waals surface area contributed by atoms with E-state index >= 15 is 0 Å². The highest BCUT2D eigenvalue weighted by Crippen LogP contribution is 2.46. The van der Waals surface area contributed by atoms with Gasteiger partial charge in [-0.2, -0.15) is 0 Å². The molecule has 3 unspecified atom stereocenters. The van der Waals surface area contributed by atoms with Gasteiger partial charge in [-0.1, -0.05) is 96.1 Å². The number of aromatic hydroxyl groups is 1. The highest BCUT2D eigenvalue weighted by Gasteiger charge is 2.53. The van der Waals surface area contributed by atoms with Gasteiger partial charge < -0.3 is 24.4 Å². The van der Waals surface area contributed by atoms with Crippen LogP contribution in [-0.4, -0.2) is 34.2 Å². The number of phenolic OH excluding ortho intramolecular Hbond substituents is 1. The zero-order valence-electron chi connectivity index (χ0n) is 22.5. The van der Waals surface area contributed by atoms with E-state index < -0.39 is 24.0 Å². The summed E-state index contributed by atoms with van der Waals surface area (Å²) < 4.78 is 16.9. The largest absolute Gasteiger partial charge is 0.507 e. The molecule has 2 aliphatic heterocycles. The molecule has 206 valence electrons. The van der Waals surface area contributed by atoms with Crippen molar-refractivity contribution < 1.29 is 34.0 Å². The van der Waals surface area contributed by atoms with Crippen LogP contribution in [0.15, 0.2) is 35.8 Å². The molecule has 0 bridgehead atoms. The van der Waals surface area contributed by atoms with Crippen molar-refractivity contribution in [2.75, 3.05) is 0 Å². The lowest BCUT2D eigenvalue weighted by molar-refractivity contribution is -0.188. The van der Waals surface area contributed by atoms with Crippen LogP contribution in [0.1, 0.15) is 116 Å². The molecule has 0 aliphatic carbocycles. The Labute approximate surface area is 221 Å². The lowest BCUT2D eigenvalue weighted by atomic mass is 10.0. The van der Waals surface area contributed by atoms with E-state index in [2.05, 4.69) is 6.92 Å². The fraction of sp³-hybridized carbons (Fsp3) is 0.667. The summed E-state index contributed by atoms with van der Waals surface area (Å²) in [5.41, 5.74) is 0.351. The fourth-order valence-corrected chi connectivity index (χ4v) is 5.08. The van der Waals surface area contributed by atoms with E-state index in [0.29, 0.717) is 12.0 Å². The van der Waals surface area contributed by atoms with Crippen molar-refractivity contribution in [2.24, 2.45) is 0 Å². The van der Waals surface area contributed by atoms with Crippen LogP contribution in [0.25, 0.3) is 0 Å². The van der Waals surface area contributed by atoms with Gasteiger partial charge in [-0.3, -0.25) is 4.79 Å². The summed E-state index contributed by atoms with van der Waals surface area (Å²) in [6.07, 6.45) is 14.1. The van der Waals surface area contributed by atoms with Gasteiger partial charge >= 0.3 is 5.97 Å². The van der Waals surface area contributed by atoms with Crippen LogP contribution in [0.5, 0.6) is 5.75 Å². The standard InChI is InChI=1S/C30H44O7/c1-3-4-5-6-7-8-9-10-11-12-13-14-15-18-22(31)21-25(33)26-27-28(29(34)35-26)37-30(2,36-27)23-19-16-17-20-24(23)32/h16-17,19-20,25-26,32-33H,3-15,18,21H2,1-2H3. The monoisotopic (exact) mass is 516 g/mol. The molecule has 0 saturated carbocycles. The maximum absolute atomic E-state index is 12.5. The number of hydrogen-bond acceptors (Lipinski definition) is 7. The number of para-hydroxylation sites is 1. The van der Waals surface area contributed by atoms with Crippen molar-refractivity contribution in [3.05, 3.63) is 41.3 Å². The Morgan fingerprint density at radius 1 is 0.919 bits per heavy atom. The Kier molecular flexibility index (Phi) is 11.3. The van der Waals surface area contributed by atoms with Crippen molar-refractivity contribution >= 4 is 11.8 Å². The molecule has 0 amide bonds. The van der Waals surface area contributed by atoms with E-state index in [-0.39, 0.29) is 29.5 Å². The fourth-order valence-electron chi connectivity index (χ4n) is 5.08. The number of carbonyl (C=O) groups excluding carboxylic acids is 2. The van der Waals surface area contributed by atoms with Crippen LogP contribution >= 0.6 is 0 Å². The van der Waals surface area contributed by atoms with Crippen LogP contribution in [0, 0.1) is 0 Å². The zero-order chi connectivity index (χ0) is 26.7. The van der Waals surface area contributed by atoms with Crippen molar-refractivity contribution in [1.82, 2.24) is 0 Å². The number of unbranched alkanes of at least 4 members (excludes halogenated alkanes) is 12. The molecular weight excluding hydrogens is 472 g/mol. The molecule has 7 heteroatoms. The average molecular weight is 517 g/mol. The number of carbonyl (C=O) groups is 2. The minimum Gasteiger partial charge on any atom is -0.507 e. The number of hydrogen-bond donors (Lipinski definition) is 2. The average Bonchev–Trinajstić information content (AvgIpc) is 3.37. The van der Waals surface area contributed by atoms with E-state index in [1.54, 1.807) is 25.1 Å². The molecule has 1 aromatic carbocycles. The van der Waals surface area contributed by atoms with Crippen molar-refractivity contribution in [3.8, 4) is 5.75 Å². The number of aliphatic hydroxyl groups is 1. The maximum atomic E-state index is 12.5. The van der Waals surface area contributed by atoms with Crippen LogP contribution < -0.4 is 0 Å². The number of cyclic esters (lactones) is 1. The van der Waals surface area contributed by atoms with Crippen LogP contribution in [0.3, 0.4) is 0 Å². The van der Waals surface area contributed by atoms with Gasteiger partial charge in [-0.25, -0.2) is 4.79 Å². The van der Waals surface area contributed by atoms with Crippen molar-refractivity contribution in [2.45, 2.75) is 128 Å². The van der Waals surface area contributed by atoms with E-state index in [1.807, 2.05) is 0 Å². The van der Waals surface area contributed by atoms with Gasteiger partial charge in [0.25, 0.3) is 11.5 Å². The quantitative estimate of drug-likeness (QED) is 0.168. The normalized spacial score (nSPS) is 21.4. The number of rotatable bonds is 18. The molecule has 0 radical (unpaired) electrons. The molecule has 2 heterocycles. The summed E-state index contributed by atoms with van der Waals surface area (Å²) >= 11 is 0. The van der Waals surface area contributed by atoms with Crippen molar-refractivity contribution in [1.29, 1.82) is 0 Å². The van der Waals surface area contributed by atoms with Crippen LogP contribution in [0.2, 0.25) is 0 Å². The number of phenols is 1. The lowest BCUT2D eigenvalue weighted by Crippen LogP contribution is -2.35. The van der Waals surface area contributed by atoms with E-state index in [9.17, 15) is 19.8 Å². The molecule has 1 aromatic rings. The summed E-state index contributed by atoms with van der Waals surface area (Å²) in [6, 6.07) is 6.52. The third kappa shape index (κ3) is 8.22. The molecule has 0 saturated heterocycles. The molecule has 0 fully saturated rings. The van der Waals surface area contributed by atoms with E-state index in [4.69, 9.17) is 14.2 Å². The Bertz CT molecular complexity index is 924. The molecule has 7 nitrogen and oxygen atoms in total. The first-order valence-electron chi connectivity index (χ1n) is 14.2. The lowest BCUT2D eigenvalue weighted by Gasteiger charge is -2.28. The second kappa shape index (κ2) is 14.4. The van der Waals surface area contributed by atoms with Gasteiger partial charge in [0.15, 0.2) is 11.9 Å². The first-order chi connectivity index (χ1) is 17.9. The number of ketones is 1. The summed E-state index contributed by atoms with van der Waals surface area (Å²) in [6.45, 7) is 3.83. The highest BCUT2D eigenvalue weighted by molar-refractivity contribution is 5.90. The Hall–Kier alpha value is -2.54. The Morgan fingerprint density at radius 3 is 2.08 bits per heavy atom. The Balaban J connectivity index is 1.31. The zero-order valence-corrected chi connectivity index (χ0v) is 22.5. The molecular formula is C30H44O7. The van der Waals surface area contributed by atoms with Gasteiger partial charge in [0.1, 0.15) is 17.6 Å². The maximum Gasteiger partial charge on any atom is 0.378 e. The summed E-state index contributed by atoms with van der Waals surface area (Å²) in [5, 5.41) is 20.9. The first-order valence-corrected chi connectivity index (χ1v) is 14.2. The molecule has 2 N–H and O–H groups in total.